The van der Waals surface area contributed by atoms with Gasteiger partial charge in [-0.15, -0.1) is 0 Å². The molecule has 2 aliphatic rings. The van der Waals surface area contributed by atoms with Crippen molar-refractivity contribution < 1.29 is 14.6 Å². The summed E-state index contributed by atoms with van der Waals surface area (Å²) in [6, 6.07) is 7.61. The van der Waals surface area contributed by atoms with E-state index in [2.05, 4.69) is 0 Å². The molecule has 3 atom stereocenters. The molecule has 4 nitrogen and oxygen atoms in total. The third-order valence-corrected chi connectivity index (χ3v) is 4.01. The number of anilines is 1. The highest BCUT2D eigenvalue weighted by molar-refractivity contribution is 6.07. The average Bonchev–Trinajstić information content (AvgIpc) is 2.84. The van der Waals surface area contributed by atoms with Crippen LogP contribution in [-0.4, -0.2) is 24.4 Å². The number of hydrogen-bond acceptors (Lipinski definition) is 3. The van der Waals surface area contributed by atoms with Crippen LogP contribution in [0.3, 0.4) is 0 Å². The number of carbonyl (C=O) groups excluding carboxylic acids is 1. The first-order valence-corrected chi connectivity index (χ1v) is 6.47. The Morgan fingerprint density at radius 1 is 1.47 bits per heavy atom. The highest BCUT2D eigenvalue weighted by Crippen LogP contribution is 2.52. The second kappa shape index (κ2) is 4.18. The van der Waals surface area contributed by atoms with Crippen LogP contribution in [0, 0.1) is 5.92 Å². The number of ether oxygens (including phenoxy) is 1. The number of hydrogen-bond donors (Lipinski definition) is 1. The van der Waals surface area contributed by atoms with E-state index in [0.717, 1.165) is 11.3 Å². The lowest BCUT2D eigenvalue weighted by molar-refractivity contribution is -0.165. The fourth-order valence-corrected chi connectivity index (χ4v) is 3.21. The Morgan fingerprint density at radius 2 is 2.21 bits per heavy atom. The number of amides is 1. The SMILES string of the molecule is C/C=C/C1CC(O)OC12C(=O)N(C)c1ccccc12. The van der Waals surface area contributed by atoms with E-state index < -0.39 is 11.9 Å². The normalized spacial score (nSPS) is 33.6. The minimum absolute atomic E-state index is 0.103. The van der Waals surface area contributed by atoms with Crippen LogP contribution in [0.25, 0.3) is 0 Å². The van der Waals surface area contributed by atoms with Crippen LogP contribution in [0.2, 0.25) is 0 Å². The molecule has 0 aromatic heterocycles. The zero-order valence-electron chi connectivity index (χ0n) is 11.0. The fraction of sp³-hybridized carbons (Fsp3) is 0.400. The summed E-state index contributed by atoms with van der Waals surface area (Å²) in [6.07, 6.45) is 3.40. The number of allylic oxidation sites excluding steroid dienone is 1. The number of carbonyl (C=O) groups is 1. The van der Waals surface area contributed by atoms with Gasteiger partial charge in [-0.1, -0.05) is 30.4 Å². The van der Waals surface area contributed by atoms with E-state index in [1.807, 2.05) is 43.3 Å². The molecule has 0 aliphatic carbocycles. The van der Waals surface area contributed by atoms with Crippen LogP contribution >= 0.6 is 0 Å². The molecule has 100 valence electrons. The molecule has 2 aliphatic heterocycles. The molecule has 1 N–H and O–H groups in total. The molecule has 0 bridgehead atoms. The summed E-state index contributed by atoms with van der Waals surface area (Å²) < 4.78 is 5.70. The highest BCUT2D eigenvalue weighted by atomic mass is 16.6. The predicted molar refractivity (Wildman–Crippen MR) is 71.5 cm³/mol. The van der Waals surface area contributed by atoms with Gasteiger partial charge in [0.15, 0.2) is 11.9 Å². The maximum Gasteiger partial charge on any atom is 0.264 e. The van der Waals surface area contributed by atoms with E-state index in [0.29, 0.717) is 6.42 Å². The summed E-state index contributed by atoms with van der Waals surface area (Å²) in [4.78, 5) is 14.3. The smallest absolute Gasteiger partial charge is 0.264 e. The molecule has 3 rings (SSSR count). The van der Waals surface area contributed by atoms with Gasteiger partial charge in [0.05, 0.1) is 5.69 Å². The number of para-hydroxylation sites is 1. The summed E-state index contributed by atoms with van der Waals surface area (Å²) in [5.41, 5.74) is 0.648. The number of fused-ring (bicyclic) bond motifs is 2. The van der Waals surface area contributed by atoms with Gasteiger partial charge in [0, 0.05) is 24.9 Å². The molecule has 1 fully saturated rings. The van der Waals surface area contributed by atoms with Gasteiger partial charge in [0.1, 0.15) is 0 Å². The number of likely N-dealkylation sites (N-methyl/N-ethyl adjacent to an activating group) is 1. The zero-order chi connectivity index (χ0) is 13.6. The van der Waals surface area contributed by atoms with Gasteiger partial charge >= 0.3 is 0 Å². The van der Waals surface area contributed by atoms with Gasteiger partial charge in [0.25, 0.3) is 5.91 Å². The second-order valence-electron chi connectivity index (χ2n) is 5.06. The minimum Gasteiger partial charge on any atom is -0.368 e. The second-order valence-corrected chi connectivity index (χ2v) is 5.06. The van der Waals surface area contributed by atoms with E-state index in [1.54, 1.807) is 11.9 Å². The Kier molecular flexibility index (Phi) is 2.73. The Bertz CT molecular complexity index is 554. The van der Waals surface area contributed by atoms with Gasteiger partial charge in [-0.3, -0.25) is 4.79 Å². The van der Waals surface area contributed by atoms with Gasteiger partial charge in [0.2, 0.25) is 0 Å². The lowest BCUT2D eigenvalue weighted by Crippen LogP contribution is -2.42. The molecule has 1 amide bonds. The lowest BCUT2D eigenvalue weighted by Gasteiger charge is -2.27. The van der Waals surface area contributed by atoms with E-state index in [4.69, 9.17) is 4.74 Å². The summed E-state index contributed by atoms with van der Waals surface area (Å²) in [5.74, 6) is -0.237. The summed E-state index contributed by atoms with van der Waals surface area (Å²) in [5, 5.41) is 9.85. The van der Waals surface area contributed by atoms with Gasteiger partial charge < -0.3 is 14.7 Å². The quantitative estimate of drug-likeness (QED) is 0.782. The molecule has 1 aromatic carbocycles. The maximum absolute atomic E-state index is 12.7. The van der Waals surface area contributed by atoms with Gasteiger partial charge in [-0.25, -0.2) is 0 Å². The van der Waals surface area contributed by atoms with E-state index in [1.165, 1.54) is 0 Å². The summed E-state index contributed by atoms with van der Waals surface area (Å²) in [7, 11) is 1.75. The van der Waals surface area contributed by atoms with Crippen molar-refractivity contribution in [3.8, 4) is 0 Å². The van der Waals surface area contributed by atoms with E-state index in [-0.39, 0.29) is 11.8 Å². The Morgan fingerprint density at radius 3 is 2.95 bits per heavy atom. The van der Waals surface area contributed by atoms with Crippen molar-refractivity contribution in [2.75, 3.05) is 11.9 Å². The lowest BCUT2D eigenvalue weighted by atomic mass is 9.82. The van der Waals surface area contributed by atoms with Crippen molar-refractivity contribution in [2.45, 2.75) is 25.2 Å². The van der Waals surface area contributed by atoms with Crippen LogP contribution in [0.4, 0.5) is 5.69 Å². The van der Waals surface area contributed by atoms with Crippen molar-refractivity contribution in [3.63, 3.8) is 0 Å². The standard InChI is InChI=1S/C15H17NO3/c1-3-6-10-9-13(17)19-15(10)11-7-4-5-8-12(11)16(2)14(15)18/h3-8,10,13,17H,9H2,1-2H3/b6-3+. The maximum atomic E-state index is 12.7. The molecule has 1 aromatic rings. The Labute approximate surface area is 112 Å². The first-order chi connectivity index (χ1) is 9.11. The third kappa shape index (κ3) is 1.50. The third-order valence-electron chi connectivity index (χ3n) is 4.01. The average molecular weight is 259 g/mol. The number of rotatable bonds is 1. The molecule has 4 heteroatoms. The molecule has 2 heterocycles. The largest absolute Gasteiger partial charge is 0.368 e. The van der Waals surface area contributed by atoms with Gasteiger partial charge in [-0.2, -0.15) is 0 Å². The summed E-state index contributed by atoms with van der Waals surface area (Å²) >= 11 is 0. The number of aliphatic hydroxyl groups is 1. The summed E-state index contributed by atoms with van der Waals surface area (Å²) in [6.45, 7) is 1.91. The van der Waals surface area contributed by atoms with Crippen molar-refractivity contribution in [1.29, 1.82) is 0 Å². The number of aliphatic hydroxyl groups excluding tert-OH is 1. The van der Waals surface area contributed by atoms with Crippen LogP contribution in [0.1, 0.15) is 18.9 Å². The zero-order valence-corrected chi connectivity index (χ0v) is 11.0. The molecule has 1 spiro atoms. The highest BCUT2D eigenvalue weighted by Gasteiger charge is 2.60. The molecular formula is C15H17NO3. The number of nitrogens with zero attached hydrogens (tertiary/aromatic N) is 1. The molecule has 0 radical (unpaired) electrons. The molecular weight excluding hydrogens is 242 g/mol. The van der Waals surface area contributed by atoms with Crippen LogP contribution in [0.15, 0.2) is 36.4 Å². The first kappa shape index (κ1) is 12.4. The van der Waals surface area contributed by atoms with Crippen LogP contribution in [0.5, 0.6) is 0 Å². The minimum atomic E-state index is -1.06. The van der Waals surface area contributed by atoms with Crippen molar-refractivity contribution in [3.05, 3.63) is 42.0 Å². The van der Waals surface area contributed by atoms with Crippen LogP contribution in [-0.2, 0) is 15.1 Å². The van der Waals surface area contributed by atoms with Gasteiger partial charge in [-0.05, 0) is 13.0 Å². The number of benzene rings is 1. The topological polar surface area (TPSA) is 49.8 Å². The molecule has 19 heavy (non-hydrogen) atoms. The Hall–Kier alpha value is -1.65. The van der Waals surface area contributed by atoms with Crippen molar-refractivity contribution in [1.82, 2.24) is 0 Å². The van der Waals surface area contributed by atoms with Crippen molar-refractivity contribution in [2.24, 2.45) is 5.92 Å². The van der Waals surface area contributed by atoms with E-state index in [9.17, 15) is 9.90 Å². The molecule has 3 unspecified atom stereocenters. The van der Waals surface area contributed by atoms with Crippen LogP contribution < -0.4 is 4.90 Å². The molecule has 0 saturated carbocycles. The predicted octanol–water partition coefficient (Wildman–Crippen LogP) is 1.79. The molecule has 1 saturated heterocycles. The fourth-order valence-electron chi connectivity index (χ4n) is 3.21. The van der Waals surface area contributed by atoms with E-state index >= 15 is 0 Å². The van der Waals surface area contributed by atoms with Crippen molar-refractivity contribution >= 4 is 11.6 Å². The monoisotopic (exact) mass is 259 g/mol. The first-order valence-electron chi connectivity index (χ1n) is 6.47. The Balaban J connectivity index is 2.20.